The second-order valence-electron chi connectivity index (χ2n) is 25.8. The first-order chi connectivity index (χ1) is 47.6. The molecule has 10 atom stereocenters. The molecule has 1 aromatic heterocycles. The molecule has 0 radical (unpaired) electrons. The number of nitrogens with zero attached hydrogens (tertiary/aromatic N) is 3. The van der Waals surface area contributed by atoms with Gasteiger partial charge in [-0.3, -0.25) is 48.1 Å². The van der Waals surface area contributed by atoms with Gasteiger partial charge in [-0.25, -0.2) is 4.79 Å². The second-order valence-corrected chi connectivity index (χ2v) is 26.8. The number of nitrogens with two attached hydrogens (primary N) is 6. The fraction of sp³-hybridized carbons (Fsp3) is 0.557. The third-order valence-electron chi connectivity index (χ3n) is 17.3. The molecule has 3 aromatic carbocycles. The van der Waals surface area contributed by atoms with E-state index in [1.807, 2.05) is 30.5 Å². The number of phenolic OH excluding ortho intramolecular Hbond substituents is 1. The van der Waals surface area contributed by atoms with Gasteiger partial charge in [0.25, 0.3) is 0 Å². The van der Waals surface area contributed by atoms with Gasteiger partial charge in [-0.15, -0.1) is 0 Å². The topological polar surface area (TPSA) is 486 Å². The number of aliphatic carboxylic acids is 1. The summed E-state index contributed by atoms with van der Waals surface area (Å²) in [6.45, 7) is 7.82. The van der Waals surface area contributed by atoms with Crippen LogP contribution in [0.4, 0.5) is 0 Å². The van der Waals surface area contributed by atoms with E-state index in [9.17, 15) is 53.4 Å². The Kier molecular flexibility index (Phi) is 36.5. The first kappa shape index (κ1) is 83.6. The molecule has 9 amide bonds. The molecule has 30 heteroatoms. The number of hydrogen-bond donors (Lipinski definition) is 16. The number of carboxylic acids is 1. The van der Waals surface area contributed by atoms with E-state index in [1.54, 1.807) is 76.4 Å². The van der Waals surface area contributed by atoms with Gasteiger partial charge in [0.2, 0.25) is 53.2 Å². The largest absolute Gasteiger partial charge is 0.508 e. The minimum atomic E-state index is -1.45. The number of H-pyrrole nitrogens is 1. The van der Waals surface area contributed by atoms with Crippen LogP contribution >= 0.6 is 11.8 Å². The van der Waals surface area contributed by atoms with Gasteiger partial charge >= 0.3 is 5.97 Å². The van der Waals surface area contributed by atoms with E-state index >= 15 is 4.79 Å². The molecule has 0 saturated heterocycles. The lowest BCUT2D eigenvalue weighted by molar-refractivity contribution is -0.145. The number of unbranched alkanes of at least 4 members (excludes halogenated alkanes) is 3. The zero-order chi connectivity index (χ0) is 74.0. The molecule has 4 rings (SSSR count). The van der Waals surface area contributed by atoms with E-state index in [1.165, 1.54) is 47.8 Å². The van der Waals surface area contributed by atoms with Crippen LogP contribution in [0.3, 0.4) is 0 Å². The normalized spacial score (nSPS) is 14.3. The first-order valence-electron chi connectivity index (χ1n) is 34.3. The fourth-order valence-corrected chi connectivity index (χ4v) is 11.9. The molecule has 0 aliphatic carbocycles. The van der Waals surface area contributed by atoms with Crippen LogP contribution in [0.15, 0.2) is 90.1 Å². The summed E-state index contributed by atoms with van der Waals surface area (Å²) in [6.07, 6.45) is 7.13. The Labute approximate surface area is 590 Å². The number of likely N-dealkylation sites (N-methyl/N-ethyl adjacent to an activating group) is 2. The molecule has 1 heterocycles. The van der Waals surface area contributed by atoms with Crippen molar-refractivity contribution in [3.63, 3.8) is 0 Å². The molecular weight excluding hydrogens is 1300 g/mol. The Morgan fingerprint density at radius 2 is 0.970 bits per heavy atom. The van der Waals surface area contributed by atoms with Crippen molar-refractivity contribution in [2.24, 2.45) is 51.2 Å². The number of aromatic amines is 1. The Morgan fingerprint density at radius 3 is 1.53 bits per heavy atom. The summed E-state index contributed by atoms with van der Waals surface area (Å²) in [6, 6.07) is 9.31. The minimum absolute atomic E-state index is 0.0591. The van der Waals surface area contributed by atoms with Gasteiger partial charge in [0.15, 0.2) is 5.96 Å². The summed E-state index contributed by atoms with van der Waals surface area (Å²) >= 11 is 1.39. The predicted molar refractivity (Wildman–Crippen MR) is 388 cm³/mol. The Balaban J connectivity index is 1.67. The second kappa shape index (κ2) is 43.6. The number of carboxylic acid groups (broad SMARTS) is 1. The molecule has 100 heavy (non-hydrogen) atoms. The number of para-hydroxylation sites is 1. The van der Waals surface area contributed by atoms with Crippen LogP contribution in [0, 0.1) is 11.8 Å². The smallest absolute Gasteiger partial charge is 0.326 e. The van der Waals surface area contributed by atoms with Gasteiger partial charge in [-0.1, -0.05) is 94.8 Å². The maximum Gasteiger partial charge on any atom is 0.326 e. The number of aromatic hydroxyl groups is 1. The van der Waals surface area contributed by atoms with Gasteiger partial charge in [-0.2, -0.15) is 11.8 Å². The van der Waals surface area contributed by atoms with Crippen molar-refractivity contribution >= 4 is 87.8 Å². The van der Waals surface area contributed by atoms with Crippen LogP contribution in [0.2, 0.25) is 0 Å². The van der Waals surface area contributed by atoms with Crippen LogP contribution in [0.5, 0.6) is 5.75 Å². The fourth-order valence-electron chi connectivity index (χ4n) is 11.4. The number of aliphatic imine (C=N–C) groups is 1. The highest BCUT2D eigenvalue weighted by Gasteiger charge is 2.39. The molecule has 4 aromatic rings. The predicted octanol–water partition coefficient (Wildman–Crippen LogP) is 0.867. The lowest BCUT2D eigenvalue weighted by Crippen LogP contribution is -2.62. The molecule has 0 aliphatic heterocycles. The maximum absolute atomic E-state index is 15.0. The number of carbonyl (C=O) groups is 10. The standard InChI is InChI=1S/C70H109N17O12S/c1-42(2)58(65(94)79-51(32-37-100-7)60(89)83-55(40-46-41-78-50-24-12-11-22-48(46)50)68(97)87(6)56(26-15-18-35-73)63(92)80-52(69(98)99)25-14-17-34-72)85-66(95)59(43(3)4)84-62(91)54(39-45-28-30-47(88)31-29-45)81-61(90)53(38-44-20-9-8-10-21-44)82-64(93)57(27-19-36-77-70(75)76)86(5)67(96)49(74)23-13-16-33-71/h8-12,20-22,24,28-31,41-43,49,51-59,78,88H,13-19,23,25-27,32-40,71-74H2,1-7H3,(H,79,94)(H,80,92)(H,81,90)(H,82,93)(H,83,89)(H,84,91)(H,85,95)(H,98,99)(H4,75,76,77)/t49-,51+,52-,53+,54+,55+,56+,57+,58+,59+/m1/s1. The average molecular weight is 1410 g/mol. The molecular formula is C70H109N17O12S. The molecule has 0 spiro atoms. The molecule has 0 unspecified atom stereocenters. The number of benzene rings is 3. The van der Waals surface area contributed by atoms with Gasteiger partial charge in [0.1, 0.15) is 60.1 Å². The van der Waals surface area contributed by atoms with E-state index in [4.69, 9.17) is 34.4 Å². The molecule has 0 fully saturated rings. The van der Waals surface area contributed by atoms with E-state index in [2.05, 4.69) is 47.2 Å². The average Bonchev–Trinajstić information content (AvgIpc) is 1.54. The monoisotopic (exact) mass is 1410 g/mol. The van der Waals surface area contributed by atoms with Crippen molar-refractivity contribution in [3.05, 3.63) is 102 Å². The van der Waals surface area contributed by atoms with Gasteiger partial charge in [0, 0.05) is 57.0 Å². The number of thioether (sulfide) groups is 1. The van der Waals surface area contributed by atoms with Gasteiger partial charge in [-0.05, 0) is 149 Å². The van der Waals surface area contributed by atoms with E-state index < -0.39 is 131 Å². The van der Waals surface area contributed by atoms with E-state index in [0.717, 1.165) is 10.9 Å². The van der Waals surface area contributed by atoms with E-state index in [-0.39, 0.29) is 69.6 Å². The highest BCUT2D eigenvalue weighted by molar-refractivity contribution is 7.98. The summed E-state index contributed by atoms with van der Waals surface area (Å²) in [5.41, 5.74) is 37.2. The number of fused-ring (bicyclic) bond motifs is 1. The summed E-state index contributed by atoms with van der Waals surface area (Å²) in [7, 11) is 2.86. The number of aromatic nitrogens is 1. The molecule has 0 bridgehead atoms. The third kappa shape index (κ3) is 27.4. The van der Waals surface area contributed by atoms with Crippen LogP contribution in [0.1, 0.15) is 121 Å². The number of rotatable bonds is 46. The zero-order valence-corrected chi connectivity index (χ0v) is 59.7. The molecule has 552 valence electrons. The van der Waals surface area contributed by atoms with E-state index in [0.29, 0.717) is 87.0 Å². The van der Waals surface area contributed by atoms with Crippen LogP contribution < -0.4 is 71.6 Å². The Hall–Kier alpha value is -8.84. The number of guanidine groups is 1. The lowest BCUT2D eigenvalue weighted by Gasteiger charge is -2.33. The number of amides is 9. The summed E-state index contributed by atoms with van der Waals surface area (Å²) in [5, 5.41) is 40.6. The van der Waals surface area contributed by atoms with Crippen molar-refractivity contribution in [2.75, 3.05) is 52.3 Å². The Bertz CT molecular complexity index is 3300. The summed E-state index contributed by atoms with van der Waals surface area (Å²) in [5.74, 6) is -9.00. The van der Waals surface area contributed by atoms with Gasteiger partial charge < -0.3 is 96.6 Å². The molecule has 0 saturated carbocycles. The molecule has 29 nitrogen and oxygen atoms in total. The minimum Gasteiger partial charge on any atom is -0.508 e. The molecule has 22 N–H and O–H groups in total. The first-order valence-corrected chi connectivity index (χ1v) is 35.7. The highest BCUT2D eigenvalue weighted by Crippen LogP contribution is 2.22. The molecule has 0 aliphatic rings. The van der Waals surface area contributed by atoms with Gasteiger partial charge in [0.05, 0.1) is 6.04 Å². The van der Waals surface area contributed by atoms with Crippen LogP contribution in [-0.4, -0.2) is 203 Å². The summed E-state index contributed by atoms with van der Waals surface area (Å²) in [4.78, 5) is 154. The van der Waals surface area contributed by atoms with Crippen molar-refractivity contribution in [3.8, 4) is 5.75 Å². The number of nitrogens with one attached hydrogen (secondary N) is 8. The van der Waals surface area contributed by atoms with Crippen LogP contribution in [0.25, 0.3) is 10.9 Å². The van der Waals surface area contributed by atoms with Crippen molar-refractivity contribution in [2.45, 2.75) is 184 Å². The Morgan fingerprint density at radius 1 is 0.510 bits per heavy atom. The SMILES string of the molecule is CSCC[C@H](NC(=O)[C@@H](NC(=O)[C@@H](NC(=O)[C@H](Cc1ccc(O)cc1)NC(=O)[C@H](Cc1ccccc1)NC(=O)[C@H](CCCN=C(N)N)N(C)C(=O)[C@H](N)CCCCN)C(C)C)C(C)C)C(=O)N[C@@H](Cc1c[nH]c2ccccc12)C(=O)N(C)[C@@H](CCCCN)C(=O)N[C@H](CCCCN)C(=O)O. The summed E-state index contributed by atoms with van der Waals surface area (Å²) < 4.78 is 0. The number of hydrogen-bond acceptors (Lipinski definition) is 17. The van der Waals surface area contributed by atoms with Crippen molar-refractivity contribution in [1.29, 1.82) is 0 Å². The quantitative estimate of drug-likeness (QED) is 0.0166. The number of carbonyl (C=O) groups excluding carboxylic acids is 9. The zero-order valence-electron chi connectivity index (χ0n) is 58.8. The number of phenols is 1. The van der Waals surface area contributed by atoms with Crippen molar-refractivity contribution < 1.29 is 58.2 Å². The van der Waals surface area contributed by atoms with Crippen molar-refractivity contribution in [1.82, 2.24) is 52.0 Å². The van der Waals surface area contributed by atoms with Crippen LogP contribution in [-0.2, 0) is 67.2 Å². The lowest BCUT2D eigenvalue weighted by atomic mass is 9.98. The maximum atomic E-state index is 15.0. The third-order valence-corrected chi connectivity index (χ3v) is 18.0. The highest BCUT2D eigenvalue weighted by atomic mass is 32.2.